The predicted molar refractivity (Wildman–Crippen MR) is 88.0 cm³/mol. The first-order chi connectivity index (χ1) is 10.4. The third-order valence-corrected chi connectivity index (χ3v) is 4.37. The second-order valence-electron chi connectivity index (χ2n) is 4.90. The zero-order valence-corrected chi connectivity index (χ0v) is 12.8. The van der Waals surface area contributed by atoms with Crippen molar-refractivity contribution in [1.82, 2.24) is 10.3 Å². The zero-order valence-electron chi connectivity index (χ0n) is 12.0. The number of rotatable bonds is 6. The van der Waals surface area contributed by atoms with Crippen LogP contribution in [0.15, 0.2) is 54.2 Å². The summed E-state index contributed by atoms with van der Waals surface area (Å²) in [6, 6.07) is 12.4. The zero-order chi connectivity index (χ0) is 14.5. The quantitative estimate of drug-likeness (QED) is 0.746. The number of pyridine rings is 1. The summed E-state index contributed by atoms with van der Waals surface area (Å²) in [4.78, 5) is 5.43. The van der Waals surface area contributed by atoms with Crippen LogP contribution in [-0.2, 0) is 0 Å². The fourth-order valence-electron chi connectivity index (χ4n) is 2.31. The van der Waals surface area contributed by atoms with Crippen molar-refractivity contribution in [3.8, 4) is 5.75 Å². The van der Waals surface area contributed by atoms with E-state index in [1.54, 1.807) is 11.3 Å². The molecule has 0 bridgehead atoms. The van der Waals surface area contributed by atoms with Crippen LogP contribution in [0.25, 0.3) is 10.8 Å². The van der Waals surface area contributed by atoms with Crippen LogP contribution >= 0.6 is 11.3 Å². The van der Waals surface area contributed by atoms with Crippen LogP contribution < -0.4 is 10.1 Å². The van der Waals surface area contributed by atoms with Crippen LogP contribution in [0, 0.1) is 0 Å². The molecule has 2 aromatic heterocycles. The maximum absolute atomic E-state index is 6.21. The molecule has 21 heavy (non-hydrogen) atoms. The van der Waals surface area contributed by atoms with Gasteiger partial charge in [0.15, 0.2) is 0 Å². The second-order valence-corrected chi connectivity index (χ2v) is 5.88. The van der Waals surface area contributed by atoms with Gasteiger partial charge in [0.05, 0.1) is 0 Å². The molecule has 3 rings (SSSR count). The molecular formula is C17H18N2OS. The average molecular weight is 298 g/mol. The van der Waals surface area contributed by atoms with E-state index in [-0.39, 0.29) is 6.10 Å². The number of thiophene rings is 1. The van der Waals surface area contributed by atoms with Gasteiger partial charge in [-0.05, 0) is 48.6 Å². The summed E-state index contributed by atoms with van der Waals surface area (Å²) in [6.45, 7) is 0.928. The molecule has 0 fully saturated rings. The molecule has 0 aliphatic carbocycles. The highest BCUT2D eigenvalue weighted by molar-refractivity contribution is 7.10. The molecule has 1 atom stereocenters. The minimum atomic E-state index is 0.0894. The van der Waals surface area contributed by atoms with Gasteiger partial charge in [0.1, 0.15) is 11.9 Å². The normalized spacial score (nSPS) is 12.4. The van der Waals surface area contributed by atoms with Crippen LogP contribution in [0.3, 0.4) is 0 Å². The summed E-state index contributed by atoms with van der Waals surface area (Å²) < 4.78 is 6.21. The lowest BCUT2D eigenvalue weighted by Gasteiger charge is -2.18. The molecule has 0 aliphatic rings. The topological polar surface area (TPSA) is 34.1 Å². The summed E-state index contributed by atoms with van der Waals surface area (Å²) in [5.74, 6) is 0.894. The number of benzene rings is 1. The van der Waals surface area contributed by atoms with Gasteiger partial charge in [-0.1, -0.05) is 12.1 Å². The van der Waals surface area contributed by atoms with Crippen molar-refractivity contribution in [2.75, 3.05) is 13.6 Å². The van der Waals surface area contributed by atoms with Gasteiger partial charge < -0.3 is 10.1 Å². The maximum atomic E-state index is 6.21. The minimum absolute atomic E-state index is 0.0894. The van der Waals surface area contributed by atoms with Crippen LogP contribution in [0.5, 0.6) is 5.75 Å². The third kappa shape index (κ3) is 3.40. The number of aromatic nitrogens is 1. The Bertz CT molecular complexity index is 697. The smallest absolute Gasteiger partial charge is 0.134 e. The SMILES string of the molecule is CNCCC(Oc1ccc2ccncc2c1)c1cccs1. The van der Waals surface area contributed by atoms with Gasteiger partial charge in [-0.15, -0.1) is 11.3 Å². The highest BCUT2D eigenvalue weighted by atomic mass is 32.1. The molecule has 1 N–H and O–H groups in total. The highest BCUT2D eigenvalue weighted by Crippen LogP contribution is 2.29. The first kappa shape index (κ1) is 14.0. The molecule has 2 heterocycles. The molecule has 0 aliphatic heterocycles. The summed E-state index contributed by atoms with van der Waals surface area (Å²) in [5.41, 5.74) is 0. The lowest BCUT2D eigenvalue weighted by atomic mass is 10.1. The van der Waals surface area contributed by atoms with Gasteiger partial charge in [0, 0.05) is 29.1 Å². The van der Waals surface area contributed by atoms with E-state index in [1.807, 2.05) is 31.6 Å². The van der Waals surface area contributed by atoms with Gasteiger partial charge in [0.2, 0.25) is 0 Å². The molecule has 0 saturated carbocycles. The maximum Gasteiger partial charge on any atom is 0.134 e. The average Bonchev–Trinajstić information content (AvgIpc) is 3.05. The number of nitrogens with zero attached hydrogens (tertiary/aromatic N) is 1. The molecule has 0 spiro atoms. The van der Waals surface area contributed by atoms with Crippen molar-refractivity contribution in [3.63, 3.8) is 0 Å². The summed E-state index contributed by atoms with van der Waals surface area (Å²) in [7, 11) is 1.97. The van der Waals surface area contributed by atoms with Crippen LogP contribution in [0.4, 0.5) is 0 Å². The Balaban J connectivity index is 1.83. The molecule has 0 saturated heterocycles. The van der Waals surface area contributed by atoms with E-state index in [4.69, 9.17) is 4.74 Å². The number of hydrogen-bond donors (Lipinski definition) is 1. The van der Waals surface area contributed by atoms with E-state index in [0.717, 1.165) is 24.1 Å². The number of fused-ring (bicyclic) bond motifs is 1. The summed E-state index contributed by atoms with van der Waals surface area (Å²) in [5, 5.41) is 7.57. The van der Waals surface area contributed by atoms with Crippen molar-refractivity contribution in [2.45, 2.75) is 12.5 Å². The van der Waals surface area contributed by atoms with Gasteiger partial charge >= 0.3 is 0 Å². The molecule has 3 nitrogen and oxygen atoms in total. The van der Waals surface area contributed by atoms with Crippen molar-refractivity contribution < 1.29 is 4.74 Å². The number of hydrogen-bond acceptors (Lipinski definition) is 4. The molecular weight excluding hydrogens is 280 g/mol. The first-order valence-corrected chi connectivity index (χ1v) is 7.93. The van der Waals surface area contributed by atoms with Crippen LogP contribution in [-0.4, -0.2) is 18.6 Å². The van der Waals surface area contributed by atoms with Gasteiger partial charge in [-0.2, -0.15) is 0 Å². The fraction of sp³-hybridized carbons (Fsp3) is 0.235. The minimum Gasteiger partial charge on any atom is -0.485 e. The Morgan fingerprint density at radius 3 is 3.00 bits per heavy atom. The predicted octanol–water partition coefficient (Wildman–Crippen LogP) is 4.03. The molecule has 1 aromatic carbocycles. The standard InChI is InChI=1S/C17H18N2OS/c1-18-8-7-16(17-3-2-10-21-17)20-15-5-4-13-6-9-19-12-14(13)11-15/h2-6,9-12,16,18H,7-8H2,1H3. The molecule has 0 radical (unpaired) electrons. The van der Waals surface area contributed by atoms with E-state index in [1.165, 1.54) is 10.3 Å². The number of nitrogens with one attached hydrogen (secondary N) is 1. The number of ether oxygens (including phenoxy) is 1. The lowest BCUT2D eigenvalue weighted by Crippen LogP contribution is -2.15. The highest BCUT2D eigenvalue weighted by Gasteiger charge is 2.14. The van der Waals surface area contributed by atoms with Crippen molar-refractivity contribution in [3.05, 3.63) is 59.0 Å². The largest absolute Gasteiger partial charge is 0.485 e. The molecule has 3 aromatic rings. The van der Waals surface area contributed by atoms with Gasteiger partial charge in [0.25, 0.3) is 0 Å². The summed E-state index contributed by atoms with van der Waals surface area (Å²) in [6.07, 6.45) is 4.72. The van der Waals surface area contributed by atoms with Crippen LogP contribution in [0.2, 0.25) is 0 Å². The fourth-order valence-corrected chi connectivity index (χ4v) is 3.10. The molecule has 1 unspecified atom stereocenters. The third-order valence-electron chi connectivity index (χ3n) is 3.41. The van der Waals surface area contributed by atoms with E-state index in [9.17, 15) is 0 Å². The molecule has 108 valence electrons. The first-order valence-electron chi connectivity index (χ1n) is 7.05. The van der Waals surface area contributed by atoms with E-state index in [0.29, 0.717) is 0 Å². The van der Waals surface area contributed by atoms with Gasteiger partial charge in [-0.3, -0.25) is 4.98 Å². The molecule has 0 amide bonds. The monoisotopic (exact) mass is 298 g/mol. The Labute approximate surface area is 128 Å². The summed E-state index contributed by atoms with van der Waals surface area (Å²) >= 11 is 1.74. The van der Waals surface area contributed by atoms with E-state index < -0.39 is 0 Å². The Kier molecular flexibility index (Phi) is 4.48. The Morgan fingerprint density at radius 2 is 2.19 bits per heavy atom. The van der Waals surface area contributed by atoms with Gasteiger partial charge in [-0.25, -0.2) is 0 Å². The van der Waals surface area contributed by atoms with Crippen molar-refractivity contribution in [2.24, 2.45) is 0 Å². The van der Waals surface area contributed by atoms with Crippen LogP contribution in [0.1, 0.15) is 17.4 Å². The Hall–Kier alpha value is -1.91. The second kappa shape index (κ2) is 6.70. The van der Waals surface area contributed by atoms with E-state index >= 15 is 0 Å². The van der Waals surface area contributed by atoms with E-state index in [2.05, 4.69) is 39.9 Å². The Morgan fingerprint density at radius 1 is 1.24 bits per heavy atom. The lowest BCUT2D eigenvalue weighted by molar-refractivity contribution is 0.199. The van der Waals surface area contributed by atoms with Crippen molar-refractivity contribution in [1.29, 1.82) is 0 Å². The molecule has 4 heteroatoms. The van der Waals surface area contributed by atoms with Crippen molar-refractivity contribution >= 4 is 22.1 Å².